The molecular formula is C23H22O3. The largest absolute Gasteiger partial charge is 0.491 e. The van der Waals surface area contributed by atoms with Crippen LogP contribution in [0.25, 0.3) is 11.1 Å². The van der Waals surface area contributed by atoms with Crippen LogP contribution in [0.5, 0.6) is 5.75 Å². The Morgan fingerprint density at radius 2 is 1.38 bits per heavy atom. The monoisotopic (exact) mass is 346 g/mol. The molecule has 0 saturated carbocycles. The summed E-state index contributed by atoms with van der Waals surface area (Å²) in [5.41, 5.74) is 6.70. The SMILES string of the molecule is OCC(O)COc1ccc(CC2c3ccccc3-c3ccccc32)cc1. The molecule has 0 bridgehead atoms. The second-order valence-corrected chi connectivity index (χ2v) is 6.72. The van der Waals surface area contributed by atoms with Crippen LogP contribution in [0.1, 0.15) is 22.6 Å². The average molecular weight is 346 g/mol. The third kappa shape index (κ3) is 3.24. The van der Waals surface area contributed by atoms with Gasteiger partial charge in [0.1, 0.15) is 18.5 Å². The summed E-state index contributed by atoms with van der Waals surface area (Å²) < 4.78 is 5.49. The van der Waals surface area contributed by atoms with Gasteiger partial charge in [-0.25, -0.2) is 0 Å². The minimum atomic E-state index is -0.846. The van der Waals surface area contributed by atoms with Crippen LogP contribution in [-0.4, -0.2) is 29.5 Å². The molecule has 0 heterocycles. The molecule has 26 heavy (non-hydrogen) atoms. The summed E-state index contributed by atoms with van der Waals surface area (Å²) in [6.45, 7) is -0.197. The molecule has 0 amide bonds. The van der Waals surface area contributed by atoms with Crippen LogP contribution in [0.4, 0.5) is 0 Å². The molecule has 3 nitrogen and oxygen atoms in total. The van der Waals surface area contributed by atoms with E-state index in [0.717, 1.165) is 6.42 Å². The van der Waals surface area contributed by atoms with Gasteiger partial charge < -0.3 is 14.9 Å². The lowest BCUT2D eigenvalue weighted by Gasteiger charge is -2.15. The van der Waals surface area contributed by atoms with E-state index in [-0.39, 0.29) is 13.2 Å². The van der Waals surface area contributed by atoms with Gasteiger partial charge in [-0.1, -0.05) is 60.7 Å². The zero-order valence-corrected chi connectivity index (χ0v) is 14.5. The Hall–Kier alpha value is -2.62. The highest BCUT2D eigenvalue weighted by Crippen LogP contribution is 2.45. The van der Waals surface area contributed by atoms with E-state index < -0.39 is 6.10 Å². The predicted molar refractivity (Wildman–Crippen MR) is 102 cm³/mol. The molecule has 132 valence electrons. The van der Waals surface area contributed by atoms with Gasteiger partial charge in [-0.3, -0.25) is 0 Å². The summed E-state index contributed by atoms with van der Waals surface area (Å²) in [6, 6.07) is 25.3. The van der Waals surface area contributed by atoms with E-state index in [1.807, 2.05) is 12.1 Å². The molecular weight excluding hydrogens is 324 g/mol. The van der Waals surface area contributed by atoms with E-state index in [0.29, 0.717) is 11.7 Å². The van der Waals surface area contributed by atoms with Gasteiger partial charge in [-0.2, -0.15) is 0 Å². The third-order valence-electron chi connectivity index (χ3n) is 4.98. The fourth-order valence-electron chi connectivity index (χ4n) is 3.68. The second-order valence-electron chi connectivity index (χ2n) is 6.72. The molecule has 0 aliphatic heterocycles. The van der Waals surface area contributed by atoms with E-state index in [9.17, 15) is 5.11 Å². The van der Waals surface area contributed by atoms with E-state index in [1.54, 1.807) is 0 Å². The normalized spacial score (nSPS) is 13.9. The molecule has 1 aliphatic carbocycles. The van der Waals surface area contributed by atoms with Crippen molar-refractivity contribution >= 4 is 0 Å². The molecule has 3 heteroatoms. The minimum Gasteiger partial charge on any atom is -0.491 e. The first kappa shape index (κ1) is 16.8. The molecule has 0 saturated heterocycles. The van der Waals surface area contributed by atoms with Crippen molar-refractivity contribution in [3.8, 4) is 16.9 Å². The number of rotatable bonds is 6. The molecule has 1 unspecified atom stereocenters. The summed E-state index contributed by atoms with van der Waals surface area (Å²) in [4.78, 5) is 0. The Morgan fingerprint density at radius 1 is 0.808 bits per heavy atom. The highest BCUT2D eigenvalue weighted by Gasteiger charge is 2.27. The number of ether oxygens (including phenoxy) is 1. The lowest BCUT2D eigenvalue weighted by atomic mass is 9.90. The zero-order valence-electron chi connectivity index (χ0n) is 14.5. The van der Waals surface area contributed by atoms with Crippen LogP contribution in [-0.2, 0) is 6.42 Å². The Kier molecular flexibility index (Phi) is 4.74. The number of fused-ring (bicyclic) bond motifs is 3. The van der Waals surface area contributed by atoms with E-state index in [1.165, 1.54) is 27.8 Å². The molecule has 3 aromatic carbocycles. The Bertz CT molecular complexity index is 840. The maximum atomic E-state index is 9.37. The summed E-state index contributed by atoms with van der Waals surface area (Å²) >= 11 is 0. The fraction of sp³-hybridized carbons (Fsp3) is 0.217. The van der Waals surface area contributed by atoms with E-state index >= 15 is 0 Å². The number of aliphatic hydroxyl groups is 2. The van der Waals surface area contributed by atoms with Gasteiger partial charge in [0.2, 0.25) is 0 Å². The topological polar surface area (TPSA) is 49.7 Å². The van der Waals surface area contributed by atoms with Crippen LogP contribution in [0.3, 0.4) is 0 Å². The Morgan fingerprint density at radius 3 is 1.96 bits per heavy atom. The first-order valence-electron chi connectivity index (χ1n) is 8.95. The van der Waals surface area contributed by atoms with Crippen molar-refractivity contribution in [3.05, 3.63) is 89.5 Å². The van der Waals surface area contributed by atoms with Crippen LogP contribution in [0.2, 0.25) is 0 Å². The summed E-state index contributed by atoms with van der Waals surface area (Å²) in [6.07, 6.45) is 0.0919. The first-order valence-corrected chi connectivity index (χ1v) is 8.95. The lowest BCUT2D eigenvalue weighted by molar-refractivity contribution is 0.0536. The molecule has 3 aromatic rings. The molecule has 4 rings (SSSR count). The van der Waals surface area contributed by atoms with Gasteiger partial charge in [0.05, 0.1) is 6.61 Å². The zero-order chi connectivity index (χ0) is 17.9. The quantitative estimate of drug-likeness (QED) is 0.714. The van der Waals surface area contributed by atoms with Gasteiger partial charge >= 0.3 is 0 Å². The molecule has 0 aromatic heterocycles. The van der Waals surface area contributed by atoms with Gasteiger partial charge in [-0.15, -0.1) is 0 Å². The van der Waals surface area contributed by atoms with Gasteiger partial charge in [0.15, 0.2) is 0 Å². The van der Waals surface area contributed by atoms with Crippen molar-refractivity contribution in [1.82, 2.24) is 0 Å². The Balaban J connectivity index is 1.54. The smallest absolute Gasteiger partial charge is 0.119 e. The number of hydrogen-bond acceptors (Lipinski definition) is 3. The third-order valence-corrected chi connectivity index (χ3v) is 4.98. The van der Waals surface area contributed by atoms with Gasteiger partial charge in [-0.05, 0) is 46.4 Å². The van der Waals surface area contributed by atoms with Crippen molar-refractivity contribution in [2.75, 3.05) is 13.2 Å². The Labute approximate surface area is 153 Å². The highest BCUT2D eigenvalue weighted by atomic mass is 16.5. The minimum absolute atomic E-state index is 0.0965. The van der Waals surface area contributed by atoms with Crippen molar-refractivity contribution < 1.29 is 14.9 Å². The summed E-state index contributed by atoms with van der Waals surface area (Å²) in [5.74, 6) is 1.07. The summed E-state index contributed by atoms with van der Waals surface area (Å²) in [5, 5.41) is 18.2. The standard InChI is InChI=1S/C23H22O3/c24-14-17(25)15-26-18-11-9-16(10-12-18)13-23-21-7-3-1-5-19(21)20-6-2-4-8-22(20)23/h1-12,17,23-25H,13-15H2. The average Bonchev–Trinajstić information content (AvgIpc) is 3.01. The molecule has 0 fully saturated rings. The predicted octanol–water partition coefficient (Wildman–Crippen LogP) is 3.77. The van der Waals surface area contributed by atoms with Crippen molar-refractivity contribution in [2.45, 2.75) is 18.4 Å². The fourth-order valence-corrected chi connectivity index (χ4v) is 3.68. The maximum Gasteiger partial charge on any atom is 0.119 e. The second kappa shape index (κ2) is 7.32. The first-order chi connectivity index (χ1) is 12.8. The number of hydrogen-bond donors (Lipinski definition) is 2. The molecule has 2 N–H and O–H groups in total. The van der Waals surface area contributed by atoms with E-state index in [2.05, 4.69) is 60.7 Å². The lowest BCUT2D eigenvalue weighted by Crippen LogP contribution is -2.21. The van der Waals surface area contributed by atoms with Gasteiger partial charge in [0, 0.05) is 5.92 Å². The number of benzene rings is 3. The molecule has 1 aliphatic rings. The van der Waals surface area contributed by atoms with Crippen LogP contribution >= 0.6 is 0 Å². The van der Waals surface area contributed by atoms with Crippen molar-refractivity contribution in [1.29, 1.82) is 0 Å². The highest BCUT2D eigenvalue weighted by molar-refractivity contribution is 5.78. The van der Waals surface area contributed by atoms with Crippen molar-refractivity contribution in [3.63, 3.8) is 0 Å². The van der Waals surface area contributed by atoms with Crippen LogP contribution in [0.15, 0.2) is 72.8 Å². The van der Waals surface area contributed by atoms with Crippen LogP contribution in [0, 0.1) is 0 Å². The summed E-state index contributed by atoms with van der Waals surface area (Å²) in [7, 11) is 0. The molecule has 0 radical (unpaired) electrons. The maximum absolute atomic E-state index is 9.37. The number of aliphatic hydroxyl groups excluding tert-OH is 2. The molecule has 0 spiro atoms. The molecule has 1 atom stereocenters. The van der Waals surface area contributed by atoms with E-state index in [4.69, 9.17) is 9.84 Å². The van der Waals surface area contributed by atoms with Crippen LogP contribution < -0.4 is 4.74 Å². The van der Waals surface area contributed by atoms with Gasteiger partial charge in [0.25, 0.3) is 0 Å². The van der Waals surface area contributed by atoms with Crippen molar-refractivity contribution in [2.24, 2.45) is 0 Å².